The van der Waals surface area contributed by atoms with Gasteiger partial charge in [0.15, 0.2) is 0 Å². The predicted octanol–water partition coefficient (Wildman–Crippen LogP) is 16.0. The van der Waals surface area contributed by atoms with E-state index in [4.69, 9.17) is 4.98 Å². The van der Waals surface area contributed by atoms with Crippen LogP contribution < -0.4 is 0 Å². The Morgan fingerprint density at radius 1 is 0.355 bits per heavy atom. The van der Waals surface area contributed by atoms with E-state index in [-0.39, 0.29) is 5.41 Å². The van der Waals surface area contributed by atoms with E-state index in [0.29, 0.717) is 0 Å². The monoisotopic (exact) mass is 790 g/mol. The normalized spacial score (nSPS) is 12.8. The fourth-order valence-electron chi connectivity index (χ4n) is 10.1. The second-order valence-electron chi connectivity index (χ2n) is 17.1. The lowest BCUT2D eigenvalue weighted by Gasteiger charge is -2.24. The van der Waals surface area contributed by atoms with Crippen molar-refractivity contribution in [1.29, 1.82) is 0 Å². The van der Waals surface area contributed by atoms with Crippen LogP contribution in [0.3, 0.4) is 0 Å². The van der Waals surface area contributed by atoms with Crippen LogP contribution in [0, 0.1) is 0 Å². The predicted molar refractivity (Wildman–Crippen MR) is 261 cm³/mol. The number of rotatable bonds is 6. The summed E-state index contributed by atoms with van der Waals surface area (Å²) in [6.45, 7) is 4.79. The standard InChI is InChI=1S/C60H42N2/c1-60(2)53-36-45(59-61-55-24-14-15-25-56(55)62(59)46-20-10-5-11-21-46)34-35-47(53)50-37-51-52(38-54(50)60)58(44-32-28-42(29-33-44)40-18-8-4-9-19-40)49-23-13-12-22-48(49)57(51)43-30-26-41(27-31-43)39-16-6-3-7-17-39/h3-38H,1-2H3. The van der Waals surface area contributed by atoms with E-state index in [1.807, 2.05) is 0 Å². The fraction of sp³-hybridized carbons (Fsp3) is 0.0500. The van der Waals surface area contributed by atoms with Crippen LogP contribution in [0.1, 0.15) is 25.0 Å². The van der Waals surface area contributed by atoms with Crippen molar-refractivity contribution in [3.05, 3.63) is 230 Å². The smallest absolute Gasteiger partial charge is 0.145 e. The molecule has 2 heteroatoms. The first-order valence-corrected chi connectivity index (χ1v) is 21.5. The lowest BCUT2D eigenvalue weighted by Crippen LogP contribution is -2.15. The molecule has 12 rings (SSSR count). The van der Waals surface area contributed by atoms with Gasteiger partial charge in [0.1, 0.15) is 5.82 Å². The Labute approximate surface area is 362 Å². The molecular weight excluding hydrogens is 749 g/mol. The molecule has 0 atom stereocenters. The van der Waals surface area contributed by atoms with Gasteiger partial charge in [-0.3, -0.25) is 4.57 Å². The van der Waals surface area contributed by atoms with E-state index >= 15 is 0 Å². The van der Waals surface area contributed by atoms with Crippen molar-refractivity contribution in [3.63, 3.8) is 0 Å². The van der Waals surface area contributed by atoms with Crippen LogP contribution in [-0.2, 0) is 5.41 Å². The number of hydrogen-bond acceptors (Lipinski definition) is 1. The van der Waals surface area contributed by atoms with E-state index in [1.54, 1.807) is 0 Å². The molecule has 0 saturated carbocycles. The molecular formula is C60H42N2. The van der Waals surface area contributed by atoms with Gasteiger partial charge in [0.2, 0.25) is 0 Å². The molecule has 0 saturated heterocycles. The van der Waals surface area contributed by atoms with Crippen molar-refractivity contribution in [1.82, 2.24) is 9.55 Å². The lowest BCUT2D eigenvalue weighted by molar-refractivity contribution is 0.661. The van der Waals surface area contributed by atoms with Gasteiger partial charge in [-0.25, -0.2) is 4.98 Å². The highest BCUT2D eigenvalue weighted by molar-refractivity contribution is 6.22. The molecule has 0 unspecified atom stereocenters. The topological polar surface area (TPSA) is 17.8 Å². The van der Waals surface area contributed by atoms with E-state index in [0.717, 1.165) is 28.1 Å². The zero-order valence-corrected chi connectivity index (χ0v) is 34.7. The van der Waals surface area contributed by atoms with Crippen molar-refractivity contribution in [2.24, 2.45) is 0 Å². The van der Waals surface area contributed by atoms with E-state index < -0.39 is 0 Å². The zero-order valence-electron chi connectivity index (χ0n) is 34.7. The summed E-state index contributed by atoms with van der Waals surface area (Å²) in [6.07, 6.45) is 0. The largest absolute Gasteiger partial charge is 0.292 e. The summed E-state index contributed by atoms with van der Waals surface area (Å²) >= 11 is 0. The number of benzene rings is 10. The van der Waals surface area contributed by atoms with Crippen molar-refractivity contribution in [2.45, 2.75) is 19.3 Å². The average Bonchev–Trinajstić information content (AvgIpc) is 3.83. The van der Waals surface area contributed by atoms with Crippen LogP contribution in [0.4, 0.5) is 0 Å². The highest BCUT2D eigenvalue weighted by Crippen LogP contribution is 2.54. The second kappa shape index (κ2) is 14.1. The molecule has 292 valence electrons. The van der Waals surface area contributed by atoms with Gasteiger partial charge in [-0.05, 0) is 131 Å². The molecule has 0 radical (unpaired) electrons. The molecule has 0 N–H and O–H groups in total. The van der Waals surface area contributed by atoms with Crippen molar-refractivity contribution < 1.29 is 0 Å². The molecule has 0 bridgehead atoms. The van der Waals surface area contributed by atoms with Crippen LogP contribution >= 0.6 is 0 Å². The zero-order chi connectivity index (χ0) is 41.4. The molecule has 1 aliphatic rings. The third-order valence-electron chi connectivity index (χ3n) is 13.2. The molecule has 0 aliphatic heterocycles. The molecule has 0 amide bonds. The Hall–Kier alpha value is -7.81. The quantitative estimate of drug-likeness (QED) is 0.153. The molecule has 10 aromatic carbocycles. The highest BCUT2D eigenvalue weighted by atomic mass is 15.1. The first-order valence-electron chi connectivity index (χ1n) is 21.5. The van der Waals surface area contributed by atoms with Gasteiger partial charge < -0.3 is 0 Å². The first kappa shape index (κ1) is 36.1. The molecule has 0 fully saturated rings. The number of fused-ring (bicyclic) bond motifs is 6. The number of imidazole rings is 1. The molecule has 1 aromatic heterocycles. The van der Waals surface area contributed by atoms with E-state index in [2.05, 4.69) is 237 Å². The Bertz CT molecular complexity index is 3490. The number of aromatic nitrogens is 2. The minimum Gasteiger partial charge on any atom is -0.292 e. The van der Waals surface area contributed by atoms with Gasteiger partial charge in [0.25, 0.3) is 0 Å². The Morgan fingerprint density at radius 3 is 1.40 bits per heavy atom. The number of hydrogen-bond donors (Lipinski definition) is 0. The minimum atomic E-state index is -0.268. The Balaban J connectivity index is 1.09. The molecule has 1 aliphatic carbocycles. The molecule has 62 heavy (non-hydrogen) atoms. The Kier molecular flexibility index (Phi) is 8.23. The summed E-state index contributed by atoms with van der Waals surface area (Å²) in [5, 5.41) is 5.03. The number of nitrogens with zero attached hydrogens (tertiary/aromatic N) is 2. The van der Waals surface area contributed by atoms with Gasteiger partial charge in [-0.15, -0.1) is 0 Å². The van der Waals surface area contributed by atoms with Crippen LogP contribution in [0.2, 0.25) is 0 Å². The van der Waals surface area contributed by atoms with Crippen molar-refractivity contribution in [2.75, 3.05) is 0 Å². The maximum Gasteiger partial charge on any atom is 0.145 e. The lowest BCUT2D eigenvalue weighted by atomic mass is 9.79. The third-order valence-corrected chi connectivity index (χ3v) is 13.2. The van der Waals surface area contributed by atoms with Gasteiger partial charge in [0.05, 0.1) is 11.0 Å². The van der Waals surface area contributed by atoms with Gasteiger partial charge in [-0.1, -0.05) is 190 Å². The van der Waals surface area contributed by atoms with Crippen LogP contribution in [0.15, 0.2) is 218 Å². The van der Waals surface area contributed by atoms with Crippen molar-refractivity contribution >= 4 is 32.6 Å². The summed E-state index contributed by atoms with van der Waals surface area (Å²) in [6, 6.07) is 79.8. The maximum absolute atomic E-state index is 5.26. The maximum atomic E-state index is 5.26. The Morgan fingerprint density at radius 2 is 0.806 bits per heavy atom. The van der Waals surface area contributed by atoms with Crippen LogP contribution in [0.25, 0.3) is 105 Å². The van der Waals surface area contributed by atoms with Gasteiger partial charge in [-0.2, -0.15) is 0 Å². The van der Waals surface area contributed by atoms with Gasteiger partial charge in [0, 0.05) is 16.7 Å². The van der Waals surface area contributed by atoms with Crippen LogP contribution in [0.5, 0.6) is 0 Å². The number of para-hydroxylation sites is 3. The summed E-state index contributed by atoms with van der Waals surface area (Å²) in [5.41, 5.74) is 19.1. The van der Waals surface area contributed by atoms with E-state index in [1.165, 1.54) is 88.3 Å². The fourth-order valence-corrected chi connectivity index (χ4v) is 10.1. The minimum absolute atomic E-state index is 0.268. The molecule has 1 heterocycles. The molecule has 0 spiro atoms. The average molecular weight is 791 g/mol. The second-order valence-corrected chi connectivity index (χ2v) is 17.1. The summed E-state index contributed by atoms with van der Waals surface area (Å²) < 4.78 is 2.30. The van der Waals surface area contributed by atoms with Crippen LogP contribution in [-0.4, -0.2) is 9.55 Å². The summed E-state index contributed by atoms with van der Waals surface area (Å²) in [5.74, 6) is 0.950. The summed E-state index contributed by atoms with van der Waals surface area (Å²) in [7, 11) is 0. The van der Waals surface area contributed by atoms with Gasteiger partial charge >= 0.3 is 0 Å². The SMILES string of the molecule is CC1(C)c2cc(-c3nc4ccccc4n3-c3ccccc3)ccc2-c2cc3c(-c4ccc(-c5ccccc5)cc4)c4ccccc4c(-c4ccc(-c5ccccc5)cc4)c3cc21. The first-order chi connectivity index (χ1) is 30.5. The highest BCUT2D eigenvalue weighted by Gasteiger charge is 2.37. The molecule has 2 nitrogen and oxygen atoms in total. The third kappa shape index (κ3) is 5.68. The summed E-state index contributed by atoms with van der Waals surface area (Å²) in [4.78, 5) is 5.26. The van der Waals surface area contributed by atoms with Crippen molar-refractivity contribution in [3.8, 4) is 72.7 Å². The van der Waals surface area contributed by atoms with E-state index in [9.17, 15) is 0 Å². The molecule has 11 aromatic rings.